The maximum atomic E-state index is 13.4. The molecule has 0 saturated carbocycles. The first-order valence-corrected chi connectivity index (χ1v) is 12.5. The van der Waals surface area contributed by atoms with E-state index in [9.17, 15) is 9.59 Å². The molecule has 1 rings (SSSR count). The maximum Gasteiger partial charge on any atom is 0.414 e. The average Bonchev–Trinajstić information content (AvgIpc) is 2.49. The molecule has 0 radical (unpaired) electrons. The summed E-state index contributed by atoms with van der Waals surface area (Å²) in [6.45, 7) is 14.9. The standard InChI is InChI=1S/C21H36N2O4Si/c1-19(2,3)21(27-28(7)8,16(22)14-15-12-10-9-11-13-15)17(24)23-18(25)26-20(4,5)6/h9-13,16,28H,14,22H2,1-8H3,(H,23,24,25)/t16-,21+/m0/s1. The number of imide groups is 1. The van der Waals surface area contributed by atoms with E-state index >= 15 is 0 Å². The first-order chi connectivity index (χ1) is 12.7. The number of rotatable bonds is 6. The Kier molecular flexibility index (Phi) is 7.99. The summed E-state index contributed by atoms with van der Waals surface area (Å²) in [6, 6.07) is 9.07. The van der Waals surface area contributed by atoms with Crippen LogP contribution in [0.3, 0.4) is 0 Å². The molecule has 0 aliphatic carbocycles. The van der Waals surface area contributed by atoms with Crippen LogP contribution < -0.4 is 11.1 Å². The number of nitrogens with two attached hydrogens (primary N) is 1. The van der Waals surface area contributed by atoms with Gasteiger partial charge in [0.25, 0.3) is 5.91 Å². The van der Waals surface area contributed by atoms with Crippen molar-refractivity contribution in [1.29, 1.82) is 0 Å². The number of hydrogen-bond donors (Lipinski definition) is 2. The fourth-order valence-corrected chi connectivity index (χ4v) is 4.63. The second-order valence-corrected chi connectivity index (χ2v) is 11.7. The molecule has 0 bridgehead atoms. The van der Waals surface area contributed by atoms with Crippen LogP contribution in [0.4, 0.5) is 4.79 Å². The second kappa shape index (κ2) is 9.20. The van der Waals surface area contributed by atoms with Crippen molar-refractivity contribution in [1.82, 2.24) is 5.32 Å². The van der Waals surface area contributed by atoms with Gasteiger partial charge in [0.05, 0.1) is 0 Å². The van der Waals surface area contributed by atoms with E-state index in [2.05, 4.69) is 5.32 Å². The van der Waals surface area contributed by atoms with Crippen LogP contribution in [-0.4, -0.2) is 38.3 Å². The van der Waals surface area contributed by atoms with Crippen LogP contribution in [0.15, 0.2) is 30.3 Å². The molecule has 0 aromatic heterocycles. The molecule has 0 aliphatic rings. The van der Waals surface area contributed by atoms with E-state index in [1.165, 1.54) is 0 Å². The number of benzene rings is 1. The molecule has 0 heterocycles. The van der Waals surface area contributed by atoms with Crippen molar-refractivity contribution in [2.45, 2.75) is 78.3 Å². The third-order valence-electron chi connectivity index (χ3n) is 4.31. The van der Waals surface area contributed by atoms with Crippen molar-refractivity contribution >= 4 is 21.0 Å². The molecule has 2 amide bonds. The minimum absolute atomic E-state index is 0.445. The molecule has 158 valence electrons. The van der Waals surface area contributed by atoms with Gasteiger partial charge in [0.1, 0.15) is 5.60 Å². The van der Waals surface area contributed by atoms with Gasteiger partial charge >= 0.3 is 6.09 Å². The highest BCUT2D eigenvalue weighted by atomic mass is 28.3. The molecule has 2 atom stereocenters. The number of ether oxygens (including phenoxy) is 1. The fraction of sp³-hybridized carbons (Fsp3) is 0.619. The van der Waals surface area contributed by atoms with Gasteiger partial charge in [-0.2, -0.15) is 0 Å². The number of nitrogens with one attached hydrogen (secondary N) is 1. The van der Waals surface area contributed by atoms with Crippen molar-refractivity contribution in [2.24, 2.45) is 11.1 Å². The van der Waals surface area contributed by atoms with Crippen LogP contribution >= 0.6 is 0 Å². The predicted molar refractivity (Wildman–Crippen MR) is 115 cm³/mol. The summed E-state index contributed by atoms with van der Waals surface area (Å²) in [5.41, 5.74) is 4.87. The molecule has 0 unspecified atom stereocenters. The lowest BCUT2D eigenvalue weighted by Crippen LogP contribution is -2.69. The normalized spacial score (nSPS) is 15.6. The van der Waals surface area contributed by atoms with E-state index in [4.69, 9.17) is 14.9 Å². The summed E-state index contributed by atoms with van der Waals surface area (Å²) in [5.74, 6) is -0.557. The van der Waals surface area contributed by atoms with Gasteiger partial charge in [-0.15, -0.1) is 0 Å². The number of hydrogen-bond acceptors (Lipinski definition) is 5. The average molecular weight is 409 g/mol. The Morgan fingerprint density at radius 2 is 1.61 bits per heavy atom. The Morgan fingerprint density at radius 3 is 2.04 bits per heavy atom. The molecule has 0 fully saturated rings. The molecular formula is C21H36N2O4Si. The third-order valence-corrected chi connectivity index (χ3v) is 5.15. The third kappa shape index (κ3) is 6.43. The van der Waals surface area contributed by atoms with Gasteiger partial charge in [0, 0.05) is 11.5 Å². The molecule has 7 heteroatoms. The van der Waals surface area contributed by atoms with Crippen LogP contribution in [0.25, 0.3) is 0 Å². The highest BCUT2D eigenvalue weighted by Gasteiger charge is 2.55. The van der Waals surface area contributed by atoms with E-state index in [1.807, 2.05) is 64.2 Å². The SMILES string of the molecule is C[SiH](C)O[C@@](C(=O)NC(=O)OC(C)(C)C)([C@@H](N)Cc1ccccc1)C(C)(C)C. The lowest BCUT2D eigenvalue weighted by atomic mass is 9.70. The van der Waals surface area contributed by atoms with Gasteiger partial charge in [0.15, 0.2) is 14.6 Å². The first kappa shape index (κ1) is 24.3. The van der Waals surface area contributed by atoms with E-state index in [0.29, 0.717) is 6.42 Å². The van der Waals surface area contributed by atoms with Crippen LogP contribution in [0, 0.1) is 5.41 Å². The van der Waals surface area contributed by atoms with E-state index in [1.54, 1.807) is 20.8 Å². The summed E-state index contributed by atoms with van der Waals surface area (Å²) in [5, 5.41) is 2.37. The number of alkyl carbamates (subject to hydrolysis) is 1. The molecule has 0 spiro atoms. The minimum Gasteiger partial charge on any atom is -0.444 e. The highest BCUT2D eigenvalue weighted by molar-refractivity contribution is 6.48. The molecule has 0 saturated heterocycles. The zero-order valence-corrected chi connectivity index (χ0v) is 19.6. The van der Waals surface area contributed by atoms with Gasteiger partial charge in [-0.05, 0) is 45.8 Å². The quantitative estimate of drug-likeness (QED) is 0.704. The molecule has 1 aromatic rings. The summed E-state index contributed by atoms with van der Waals surface area (Å²) < 4.78 is 11.6. The van der Waals surface area contributed by atoms with E-state index in [-0.39, 0.29) is 0 Å². The van der Waals surface area contributed by atoms with Gasteiger partial charge in [-0.1, -0.05) is 51.1 Å². The Balaban J connectivity index is 3.28. The first-order valence-electron chi connectivity index (χ1n) is 9.71. The zero-order chi connectivity index (χ0) is 21.8. The lowest BCUT2D eigenvalue weighted by molar-refractivity contribution is -0.151. The summed E-state index contributed by atoms with van der Waals surface area (Å²) >= 11 is 0. The van der Waals surface area contributed by atoms with Gasteiger partial charge in [-0.3, -0.25) is 10.1 Å². The number of carbonyl (C=O) groups is 2. The Hall–Kier alpha value is -1.70. The van der Waals surface area contributed by atoms with Gasteiger partial charge < -0.3 is 14.9 Å². The number of carbonyl (C=O) groups excluding carboxylic acids is 2. The highest BCUT2D eigenvalue weighted by Crippen LogP contribution is 2.38. The largest absolute Gasteiger partial charge is 0.444 e. The van der Waals surface area contributed by atoms with Crippen molar-refractivity contribution in [3.05, 3.63) is 35.9 Å². The van der Waals surface area contributed by atoms with Crippen LogP contribution in [0.2, 0.25) is 13.1 Å². The molecular weight excluding hydrogens is 372 g/mol. The molecule has 3 N–H and O–H groups in total. The van der Waals surface area contributed by atoms with Crippen LogP contribution in [0.1, 0.15) is 47.1 Å². The summed E-state index contributed by atoms with van der Waals surface area (Å²) in [4.78, 5) is 25.7. The van der Waals surface area contributed by atoms with Crippen molar-refractivity contribution in [3.63, 3.8) is 0 Å². The molecule has 6 nitrogen and oxygen atoms in total. The molecule has 0 aliphatic heterocycles. The van der Waals surface area contributed by atoms with Crippen molar-refractivity contribution in [3.8, 4) is 0 Å². The molecule has 28 heavy (non-hydrogen) atoms. The Labute approximate surface area is 170 Å². The lowest BCUT2D eigenvalue weighted by Gasteiger charge is -2.48. The van der Waals surface area contributed by atoms with Crippen molar-refractivity contribution in [2.75, 3.05) is 0 Å². The van der Waals surface area contributed by atoms with E-state index in [0.717, 1.165) is 5.56 Å². The van der Waals surface area contributed by atoms with E-state index < -0.39 is 43.7 Å². The fourth-order valence-electron chi connectivity index (χ4n) is 3.26. The molecule has 1 aromatic carbocycles. The summed E-state index contributed by atoms with van der Waals surface area (Å²) in [7, 11) is -1.70. The maximum absolute atomic E-state index is 13.4. The zero-order valence-electron chi connectivity index (χ0n) is 18.5. The Bertz CT molecular complexity index is 665. The van der Waals surface area contributed by atoms with Gasteiger partial charge in [0.2, 0.25) is 0 Å². The second-order valence-electron chi connectivity index (χ2n) is 9.40. The van der Waals surface area contributed by atoms with Gasteiger partial charge in [-0.25, -0.2) is 4.79 Å². The van der Waals surface area contributed by atoms with Crippen LogP contribution in [-0.2, 0) is 20.4 Å². The minimum atomic E-state index is -1.70. The Morgan fingerprint density at radius 1 is 1.07 bits per heavy atom. The topological polar surface area (TPSA) is 90.6 Å². The number of amides is 2. The smallest absolute Gasteiger partial charge is 0.414 e. The monoisotopic (exact) mass is 408 g/mol. The van der Waals surface area contributed by atoms with Crippen molar-refractivity contribution < 1.29 is 18.8 Å². The predicted octanol–water partition coefficient (Wildman–Crippen LogP) is 3.39. The van der Waals surface area contributed by atoms with Crippen LogP contribution in [0.5, 0.6) is 0 Å². The summed E-state index contributed by atoms with van der Waals surface area (Å²) in [6.07, 6.45) is -0.354.